The lowest BCUT2D eigenvalue weighted by atomic mass is 10.0. The minimum absolute atomic E-state index is 0.0732. The highest BCUT2D eigenvalue weighted by atomic mass is 16.6. The van der Waals surface area contributed by atoms with Crippen molar-refractivity contribution >= 4 is 12.3 Å². The number of hydrogen-bond acceptors (Lipinski definition) is 5. The highest BCUT2D eigenvalue weighted by molar-refractivity contribution is 5.84. The summed E-state index contributed by atoms with van der Waals surface area (Å²) >= 11 is 0. The Morgan fingerprint density at radius 1 is 0.875 bits per heavy atom. The number of carbonyl (C=O) groups excluding carboxylic acids is 1. The van der Waals surface area contributed by atoms with Crippen molar-refractivity contribution in [1.29, 1.82) is 0 Å². The van der Waals surface area contributed by atoms with Crippen LogP contribution in [-0.4, -0.2) is 24.0 Å². The summed E-state index contributed by atoms with van der Waals surface area (Å²) in [4.78, 5) is 20.5. The average molecular weight is 449 g/mol. The van der Waals surface area contributed by atoms with Gasteiger partial charge in [0.05, 0.1) is 12.9 Å². The molecule has 6 nitrogen and oxygen atoms in total. The molecule has 0 unspecified atom stereocenters. The number of aldehydes is 1. The van der Waals surface area contributed by atoms with Gasteiger partial charge in [-0.3, -0.25) is 4.79 Å². The molecule has 0 atom stereocenters. The number of rotatable bonds is 18. The van der Waals surface area contributed by atoms with Crippen LogP contribution in [0.4, 0.5) is 0 Å². The van der Waals surface area contributed by atoms with Crippen LogP contribution in [0.2, 0.25) is 0 Å². The topological polar surface area (TPSA) is 89.9 Å². The predicted octanol–water partition coefficient (Wildman–Crippen LogP) is 7.93. The maximum Gasteiger partial charge on any atom is 0.371 e. The zero-order chi connectivity index (χ0) is 23.3. The Labute approximate surface area is 192 Å². The summed E-state index contributed by atoms with van der Waals surface area (Å²) in [7, 11) is 0. The second-order valence-electron chi connectivity index (χ2n) is 8.00. The number of furan rings is 2. The summed E-state index contributed by atoms with van der Waals surface area (Å²) in [5, 5.41) is 8.75. The lowest BCUT2D eigenvalue weighted by molar-refractivity contribution is 0.0653. The van der Waals surface area contributed by atoms with E-state index in [1.54, 1.807) is 18.2 Å². The van der Waals surface area contributed by atoms with E-state index in [-0.39, 0.29) is 5.76 Å². The van der Waals surface area contributed by atoms with Crippen LogP contribution in [0.5, 0.6) is 5.95 Å². The number of carboxylic acid groups (broad SMARTS) is 1. The van der Waals surface area contributed by atoms with Gasteiger partial charge in [-0.25, -0.2) is 4.79 Å². The first-order valence-corrected chi connectivity index (χ1v) is 12.1. The molecule has 0 fully saturated rings. The molecule has 0 spiro atoms. The molecular formula is C26H40O6. The minimum atomic E-state index is -1.06. The van der Waals surface area contributed by atoms with Crippen LogP contribution in [0.1, 0.15) is 118 Å². The zero-order valence-electron chi connectivity index (χ0n) is 19.6. The van der Waals surface area contributed by atoms with E-state index in [2.05, 4.69) is 11.3 Å². The van der Waals surface area contributed by atoms with Crippen LogP contribution in [0.15, 0.2) is 39.4 Å². The first kappa shape index (κ1) is 27.5. The Bertz CT molecular complexity index is 689. The fourth-order valence-electron chi connectivity index (χ4n) is 3.34. The van der Waals surface area contributed by atoms with Crippen LogP contribution >= 0.6 is 0 Å². The lowest BCUT2D eigenvalue weighted by Gasteiger charge is -2.04. The predicted molar refractivity (Wildman–Crippen MR) is 126 cm³/mol. The van der Waals surface area contributed by atoms with Crippen molar-refractivity contribution in [3.8, 4) is 5.95 Å². The van der Waals surface area contributed by atoms with Gasteiger partial charge in [0.1, 0.15) is 0 Å². The van der Waals surface area contributed by atoms with Gasteiger partial charge in [-0.15, -0.1) is 0 Å². The van der Waals surface area contributed by atoms with Crippen LogP contribution in [0, 0.1) is 0 Å². The summed E-state index contributed by atoms with van der Waals surface area (Å²) in [5.41, 5.74) is 0. The Balaban J connectivity index is 0.000000616. The van der Waals surface area contributed by atoms with E-state index in [1.165, 1.54) is 89.4 Å². The summed E-state index contributed by atoms with van der Waals surface area (Å²) in [6, 6.07) is 6.26. The molecule has 32 heavy (non-hydrogen) atoms. The van der Waals surface area contributed by atoms with E-state index in [1.807, 2.05) is 0 Å². The van der Waals surface area contributed by atoms with Gasteiger partial charge in [0.15, 0.2) is 12.0 Å². The van der Waals surface area contributed by atoms with E-state index >= 15 is 0 Å². The molecular weight excluding hydrogens is 408 g/mol. The number of carbonyl (C=O) groups is 2. The van der Waals surface area contributed by atoms with Crippen LogP contribution in [-0.2, 0) is 0 Å². The van der Waals surface area contributed by atoms with Gasteiger partial charge in [-0.1, -0.05) is 90.4 Å². The van der Waals surface area contributed by atoms with E-state index in [0.29, 0.717) is 24.6 Å². The Kier molecular flexibility index (Phi) is 16.5. The zero-order valence-corrected chi connectivity index (χ0v) is 19.6. The standard InChI is InChI=1S/C21H36O4.C5H4O2/c1-2-3-4-5-6-7-8-9-10-11-12-13-14-15-18-24-20-17-16-19(25-20)21(22)23;6-4-5-2-1-3-7-5/h16-17H,2-15,18H2,1H3,(H,22,23);1-4H. The van der Waals surface area contributed by atoms with Gasteiger partial charge in [0.25, 0.3) is 5.95 Å². The van der Waals surface area contributed by atoms with Gasteiger partial charge in [-0.05, 0) is 24.6 Å². The van der Waals surface area contributed by atoms with Gasteiger partial charge in [0, 0.05) is 6.07 Å². The third kappa shape index (κ3) is 14.5. The molecule has 2 heterocycles. The molecule has 2 rings (SSSR count). The smallest absolute Gasteiger partial charge is 0.371 e. The molecule has 0 aliphatic heterocycles. The Morgan fingerprint density at radius 3 is 1.84 bits per heavy atom. The highest BCUT2D eigenvalue weighted by Gasteiger charge is 2.09. The third-order valence-electron chi connectivity index (χ3n) is 5.19. The van der Waals surface area contributed by atoms with Crippen LogP contribution in [0.25, 0.3) is 0 Å². The highest BCUT2D eigenvalue weighted by Crippen LogP contribution is 2.17. The Hall–Kier alpha value is -2.50. The van der Waals surface area contributed by atoms with Crippen molar-refractivity contribution in [2.75, 3.05) is 6.61 Å². The van der Waals surface area contributed by atoms with Crippen molar-refractivity contribution in [2.24, 2.45) is 0 Å². The molecule has 2 aromatic heterocycles. The number of hydrogen-bond donors (Lipinski definition) is 1. The summed E-state index contributed by atoms with van der Waals surface area (Å²) in [6.45, 7) is 2.85. The number of aromatic carboxylic acids is 1. The number of ether oxygens (including phenoxy) is 1. The number of carboxylic acids is 1. The monoisotopic (exact) mass is 448 g/mol. The average Bonchev–Trinajstić information content (AvgIpc) is 3.49. The van der Waals surface area contributed by atoms with Crippen molar-refractivity contribution in [3.05, 3.63) is 42.0 Å². The van der Waals surface area contributed by atoms with Gasteiger partial charge >= 0.3 is 5.97 Å². The molecule has 0 aromatic carbocycles. The maximum atomic E-state index is 10.7. The van der Waals surface area contributed by atoms with E-state index in [4.69, 9.17) is 14.3 Å². The molecule has 180 valence electrons. The van der Waals surface area contributed by atoms with Gasteiger partial charge in [0.2, 0.25) is 5.76 Å². The normalized spacial score (nSPS) is 10.4. The molecule has 2 aromatic rings. The first-order chi connectivity index (χ1) is 15.7. The largest absolute Gasteiger partial charge is 0.475 e. The van der Waals surface area contributed by atoms with Crippen LogP contribution in [0.3, 0.4) is 0 Å². The molecule has 0 saturated heterocycles. The second kappa shape index (κ2) is 19.2. The molecule has 0 aliphatic carbocycles. The van der Waals surface area contributed by atoms with Crippen molar-refractivity contribution in [3.63, 3.8) is 0 Å². The minimum Gasteiger partial charge on any atom is -0.475 e. The van der Waals surface area contributed by atoms with E-state index in [9.17, 15) is 9.59 Å². The first-order valence-electron chi connectivity index (χ1n) is 12.1. The quantitative estimate of drug-likeness (QED) is 0.184. The molecule has 0 saturated carbocycles. The number of unbranched alkanes of at least 4 members (excludes halogenated alkanes) is 13. The molecule has 0 bridgehead atoms. The van der Waals surface area contributed by atoms with Crippen molar-refractivity contribution in [1.82, 2.24) is 0 Å². The molecule has 6 heteroatoms. The van der Waals surface area contributed by atoms with Crippen molar-refractivity contribution in [2.45, 2.75) is 96.8 Å². The van der Waals surface area contributed by atoms with Gasteiger partial charge in [-0.2, -0.15) is 0 Å². The maximum absolute atomic E-state index is 10.7. The van der Waals surface area contributed by atoms with Gasteiger partial charge < -0.3 is 18.7 Å². The van der Waals surface area contributed by atoms with E-state index in [0.717, 1.165) is 12.8 Å². The van der Waals surface area contributed by atoms with Crippen LogP contribution < -0.4 is 4.74 Å². The third-order valence-corrected chi connectivity index (χ3v) is 5.19. The summed E-state index contributed by atoms with van der Waals surface area (Å²) in [6.07, 6.45) is 20.7. The fraction of sp³-hybridized carbons (Fsp3) is 0.615. The molecule has 0 radical (unpaired) electrons. The summed E-state index contributed by atoms with van der Waals surface area (Å²) in [5.74, 6) is -0.464. The lowest BCUT2D eigenvalue weighted by Crippen LogP contribution is -1.96. The fourth-order valence-corrected chi connectivity index (χ4v) is 3.34. The Morgan fingerprint density at radius 2 is 1.44 bits per heavy atom. The second-order valence-corrected chi connectivity index (χ2v) is 8.00. The molecule has 0 amide bonds. The van der Waals surface area contributed by atoms with Crippen molar-refractivity contribution < 1.29 is 28.3 Å². The summed E-state index contributed by atoms with van der Waals surface area (Å²) < 4.78 is 15.1. The molecule has 0 aliphatic rings. The SMILES string of the molecule is CCCCCCCCCCCCCCCCOc1ccc(C(=O)O)o1.O=Cc1ccco1. The molecule has 1 N–H and O–H groups in total. The van der Waals surface area contributed by atoms with E-state index < -0.39 is 5.97 Å².